The number of carbonyl (C=O) groups is 2. The van der Waals surface area contributed by atoms with Crippen LogP contribution in [0.5, 0.6) is 5.75 Å². The van der Waals surface area contributed by atoms with E-state index in [9.17, 15) is 19.7 Å². The SMILES string of the molecule is COc1ccc(C(=O)N2CCN(C(=O)c3ccc(Cl)cc3Cl)CC2)cc1[N+](=O)[O-]. The summed E-state index contributed by atoms with van der Waals surface area (Å²) in [7, 11) is 1.33. The van der Waals surface area contributed by atoms with Crippen molar-refractivity contribution >= 4 is 40.7 Å². The van der Waals surface area contributed by atoms with E-state index in [1.54, 1.807) is 21.9 Å². The van der Waals surface area contributed by atoms with Crippen LogP contribution in [0.15, 0.2) is 36.4 Å². The van der Waals surface area contributed by atoms with E-state index in [-0.39, 0.29) is 33.8 Å². The molecular weight excluding hydrogens is 421 g/mol. The van der Waals surface area contributed by atoms with Crippen LogP contribution >= 0.6 is 23.2 Å². The van der Waals surface area contributed by atoms with Crippen molar-refractivity contribution in [1.82, 2.24) is 9.80 Å². The molecule has 0 spiro atoms. The van der Waals surface area contributed by atoms with Gasteiger partial charge < -0.3 is 14.5 Å². The van der Waals surface area contributed by atoms with Gasteiger partial charge in [-0.1, -0.05) is 23.2 Å². The van der Waals surface area contributed by atoms with Gasteiger partial charge in [-0.3, -0.25) is 19.7 Å². The number of methoxy groups -OCH3 is 1. The lowest BCUT2D eigenvalue weighted by Crippen LogP contribution is -2.50. The quantitative estimate of drug-likeness (QED) is 0.538. The second-order valence-electron chi connectivity index (χ2n) is 6.35. The van der Waals surface area contributed by atoms with Crippen molar-refractivity contribution in [3.63, 3.8) is 0 Å². The first-order valence-corrected chi connectivity index (χ1v) is 9.43. The largest absolute Gasteiger partial charge is 0.490 e. The van der Waals surface area contributed by atoms with Crippen LogP contribution in [0.25, 0.3) is 0 Å². The van der Waals surface area contributed by atoms with Gasteiger partial charge in [0.15, 0.2) is 5.75 Å². The molecule has 1 fully saturated rings. The fourth-order valence-corrected chi connectivity index (χ4v) is 3.58. The Hall–Kier alpha value is -2.84. The summed E-state index contributed by atoms with van der Waals surface area (Å²) >= 11 is 12.0. The number of hydrogen-bond donors (Lipinski definition) is 0. The average Bonchev–Trinajstić information content (AvgIpc) is 2.72. The molecule has 1 aliphatic rings. The van der Waals surface area contributed by atoms with E-state index in [0.717, 1.165) is 0 Å². The lowest BCUT2D eigenvalue weighted by molar-refractivity contribution is -0.385. The Morgan fingerprint density at radius 2 is 1.62 bits per heavy atom. The summed E-state index contributed by atoms with van der Waals surface area (Å²) in [4.78, 5) is 39.1. The zero-order valence-corrected chi connectivity index (χ0v) is 16.9. The van der Waals surface area contributed by atoms with Crippen molar-refractivity contribution in [2.24, 2.45) is 0 Å². The second kappa shape index (κ2) is 8.67. The Labute approximate surface area is 176 Å². The van der Waals surface area contributed by atoms with Gasteiger partial charge in [0.05, 0.1) is 22.6 Å². The van der Waals surface area contributed by atoms with Gasteiger partial charge in [-0.25, -0.2) is 0 Å². The molecule has 0 radical (unpaired) electrons. The third-order valence-corrected chi connectivity index (χ3v) is 5.19. The number of carbonyl (C=O) groups excluding carboxylic acids is 2. The summed E-state index contributed by atoms with van der Waals surface area (Å²) in [5.74, 6) is -0.493. The number of amides is 2. The van der Waals surface area contributed by atoms with E-state index >= 15 is 0 Å². The minimum absolute atomic E-state index is 0.0850. The van der Waals surface area contributed by atoms with Gasteiger partial charge in [0.25, 0.3) is 11.8 Å². The lowest BCUT2D eigenvalue weighted by Gasteiger charge is -2.35. The molecule has 152 valence electrons. The number of nitro benzene ring substituents is 1. The van der Waals surface area contributed by atoms with E-state index in [4.69, 9.17) is 27.9 Å². The highest BCUT2D eigenvalue weighted by atomic mass is 35.5. The Balaban J connectivity index is 1.69. The third-order valence-electron chi connectivity index (χ3n) is 4.64. The van der Waals surface area contributed by atoms with Crippen molar-refractivity contribution in [2.45, 2.75) is 0 Å². The standard InChI is InChI=1S/C19H17Cl2N3O5/c1-29-17-5-2-12(10-16(17)24(27)28)18(25)22-6-8-23(9-7-22)19(26)14-4-3-13(20)11-15(14)21/h2-5,10-11H,6-9H2,1H3. The van der Waals surface area contributed by atoms with Crippen LogP contribution in [0.3, 0.4) is 0 Å². The fraction of sp³-hybridized carbons (Fsp3) is 0.263. The number of hydrogen-bond acceptors (Lipinski definition) is 5. The summed E-state index contributed by atoms with van der Waals surface area (Å²) in [6.07, 6.45) is 0. The number of piperazine rings is 1. The van der Waals surface area contributed by atoms with Gasteiger partial charge >= 0.3 is 5.69 Å². The zero-order chi connectivity index (χ0) is 21.1. The number of benzene rings is 2. The van der Waals surface area contributed by atoms with Gasteiger partial charge in [0.2, 0.25) is 0 Å². The maximum Gasteiger partial charge on any atom is 0.311 e. The van der Waals surface area contributed by atoms with Crippen LogP contribution in [0.4, 0.5) is 5.69 Å². The Kier molecular flexibility index (Phi) is 6.24. The maximum absolute atomic E-state index is 12.7. The predicted molar refractivity (Wildman–Crippen MR) is 108 cm³/mol. The van der Waals surface area contributed by atoms with E-state index < -0.39 is 4.92 Å². The minimum Gasteiger partial charge on any atom is -0.490 e. The first-order chi connectivity index (χ1) is 13.8. The molecule has 1 saturated heterocycles. The summed E-state index contributed by atoms with van der Waals surface area (Å²) in [6, 6.07) is 8.75. The predicted octanol–water partition coefficient (Wildman–Crippen LogP) is 3.51. The Bertz CT molecular complexity index is 974. The highest BCUT2D eigenvalue weighted by molar-refractivity contribution is 6.36. The molecule has 0 bridgehead atoms. The van der Waals surface area contributed by atoms with Crippen LogP contribution in [-0.2, 0) is 0 Å². The topological polar surface area (TPSA) is 93.0 Å². The maximum atomic E-state index is 12.7. The first-order valence-electron chi connectivity index (χ1n) is 8.68. The Morgan fingerprint density at radius 1 is 1.00 bits per heavy atom. The zero-order valence-electron chi connectivity index (χ0n) is 15.4. The number of nitro groups is 1. The van der Waals surface area contributed by atoms with E-state index in [0.29, 0.717) is 36.8 Å². The molecular formula is C19H17Cl2N3O5. The summed E-state index contributed by atoms with van der Waals surface area (Å²) in [5.41, 5.74) is 0.268. The van der Waals surface area contributed by atoms with Crippen LogP contribution in [0, 0.1) is 10.1 Å². The molecule has 0 saturated carbocycles. The minimum atomic E-state index is -0.595. The van der Waals surface area contributed by atoms with Crippen molar-refractivity contribution < 1.29 is 19.2 Å². The van der Waals surface area contributed by atoms with Crippen molar-refractivity contribution in [3.05, 3.63) is 67.7 Å². The molecule has 0 atom stereocenters. The highest BCUT2D eigenvalue weighted by Gasteiger charge is 2.28. The number of halogens is 2. The van der Waals surface area contributed by atoms with Crippen LogP contribution in [-0.4, -0.2) is 59.8 Å². The van der Waals surface area contributed by atoms with Crippen molar-refractivity contribution in [1.29, 1.82) is 0 Å². The number of rotatable bonds is 4. The molecule has 0 aromatic heterocycles. The summed E-state index contributed by atoms with van der Waals surface area (Å²) < 4.78 is 4.96. The summed E-state index contributed by atoms with van der Waals surface area (Å²) in [5, 5.41) is 11.9. The molecule has 0 unspecified atom stereocenters. The van der Waals surface area contributed by atoms with Crippen LogP contribution < -0.4 is 4.74 Å². The van der Waals surface area contributed by atoms with Gasteiger partial charge in [0, 0.05) is 42.8 Å². The third kappa shape index (κ3) is 4.44. The van der Waals surface area contributed by atoms with E-state index in [1.165, 1.54) is 31.4 Å². The molecule has 3 rings (SSSR count). The monoisotopic (exact) mass is 437 g/mol. The normalized spacial score (nSPS) is 13.9. The molecule has 29 heavy (non-hydrogen) atoms. The number of ether oxygens (including phenoxy) is 1. The summed E-state index contributed by atoms with van der Waals surface area (Å²) in [6.45, 7) is 1.24. The fourth-order valence-electron chi connectivity index (χ4n) is 3.09. The van der Waals surface area contributed by atoms with E-state index in [1.807, 2.05) is 0 Å². The van der Waals surface area contributed by atoms with Crippen LogP contribution in [0.2, 0.25) is 10.0 Å². The smallest absolute Gasteiger partial charge is 0.311 e. The lowest BCUT2D eigenvalue weighted by atomic mass is 10.1. The van der Waals surface area contributed by atoms with Gasteiger partial charge in [-0.2, -0.15) is 0 Å². The van der Waals surface area contributed by atoms with Crippen molar-refractivity contribution in [2.75, 3.05) is 33.3 Å². The number of nitrogens with zero attached hydrogens (tertiary/aromatic N) is 3. The molecule has 1 heterocycles. The Morgan fingerprint density at radius 3 is 2.17 bits per heavy atom. The average molecular weight is 438 g/mol. The molecule has 10 heteroatoms. The molecule has 2 aromatic rings. The van der Waals surface area contributed by atoms with Crippen LogP contribution in [0.1, 0.15) is 20.7 Å². The van der Waals surface area contributed by atoms with Gasteiger partial charge in [0.1, 0.15) is 0 Å². The highest BCUT2D eigenvalue weighted by Crippen LogP contribution is 2.28. The van der Waals surface area contributed by atoms with Gasteiger partial charge in [-0.05, 0) is 30.3 Å². The molecule has 2 amide bonds. The molecule has 2 aromatic carbocycles. The first kappa shape index (κ1) is 20.9. The molecule has 0 aliphatic carbocycles. The van der Waals surface area contributed by atoms with E-state index in [2.05, 4.69) is 0 Å². The molecule has 0 N–H and O–H groups in total. The molecule has 1 aliphatic heterocycles. The molecule has 8 nitrogen and oxygen atoms in total. The van der Waals surface area contributed by atoms with Gasteiger partial charge in [-0.15, -0.1) is 0 Å². The second-order valence-corrected chi connectivity index (χ2v) is 7.20. The van der Waals surface area contributed by atoms with Crippen molar-refractivity contribution in [3.8, 4) is 5.75 Å².